The lowest BCUT2D eigenvalue weighted by Crippen LogP contribution is -2.05. The van der Waals surface area contributed by atoms with Crippen LogP contribution in [-0.2, 0) is 0 Å². The standard InChI is InChI=1S/C10H8F2O3/c1-6-2-8(5-14)9(15-10(11)12)3-7(6)4-13/h2-5,10H,1H3. The van der Waals surface area contributed by atoms with Crippen LogP contribution in [0.4, 0.5) is 8.78 Å². The molecule has 0 saturated carbocycles. The Labute approximate surface area is 84.7 Å². The predicted octanol–water partition coefficient (Wildman–Crippen LogP) is 2.22. The van der Waals surface area contributed by atoms with Gasteiger partial charge in [0, 0.05) is 5.56 Å². The van der Waals surface area contributed by atoms with Gasteiger partial charge in [-0.2, -0.15) is 8.78 Å². The minimum absolute atomic E-state index is 0.00148. The number of ether oxygens (including phenoxy) is 1. The summed E-state index contributed by atoms with van der Waals surface area (Å²) in [5.41, 5.74) is 0.753. The number of alkyl halides is 2. The summed E-state index contributed by atoms with van der Waals surface area (Å²) in [5.74, 6) is -0.285. The van der Waals surface area contributed by atoms with Crippen molar-refractivity contribution in [2.75, 3.05) is 0 Å². The minimum atomic E-state index is -3.02. The first-order valence-electron chi connectivity index (χ1n) is 4.08. The van der Waals surface area contributed by atoms with Crippen LogP contribution in [0, 0.1) is 6.92 Å². The third kappa shape index (κ3) is 2.59. The molecule has 3 nitrogen and oxygen atoms in total. The Balaban J connectivity index is 3.22. The molecule has 0 spiro atoms. The molecule has 0 amide bonds. The molecule has 80 valence electrons. The van der Waals surface area contributed by atoms with Crippen LogP contribution >= 0.6 is 0 Å². The highest BCUT2D eigenvalue weighted by molar-refractivity contribution is 5.85. The summed E-state index contributed by atoms with van der Waals surface area (Å²) in [6.07, 6.45) is 0.918. The van der Waals surface area contributed by atoms with Crippen LogP contribution in [0.2, 0.25) is 0 Å². The van der Waals surface area contributed by atoms with Crippen LogP contribution in [0.25, 0.3) is 0 Å². The Morgan fingerprint density at radius 1 is 1.20 bits per heavy atom. The Morgan fingerprint density at radius 3 is 2.27 bits per heavy atom. The normalized spacial score (nSPS) is 10.1. The Morgan fingerprint density at radius 2 is 1.80 bits per heavy atom. The van der Waals surface area contributed by atoms with Crippen LogP contribution in [-0.4, -0.2) is 19.2 Å². The summed E-state index contributed by atoms with van der Waals surface area (Å²) >= 11 is 0. The van der Waals surface area contributed by atoms with Crippen LogP contribution in [0.15, 0.2) is 12.1 Å². The molecule has 0 bridgehead atoms. The molecule has 5 heteroatoms. The van der Waals surface area contributed by atoms with E-state index in [0.29, 0.717) is 18.1 Å². The Hall–Kier alpha value is -1.78. The maximum atomic E-state index is 11.9. The van der Waals surface area contributed by atoms with E-state index in [9.17, 15) is 18.4 Å². The average molecular weight is 214 g/mol. The zero-order valence-corrected chi connectivity index (χ0v) is 7.87. The number of halogens is 2. The molecule has 0 N–H and O–H groups in total. The fraction of sp³-hybridized carbons (Fsp3) is 0.200. The number of carbonyl (C=O) groups excluding carboxylic acids is 2. The Kier molecular flexibility index (Phi) is 3.49. The number of hydrogen-bond donors (Lipinski definition) is 0. The molecule has 1 rings (SSSR count). The predicted molar refractivity (Wildman–Crippen MR) is 48.6 cm³/mol. The molecule has 0 unspecified atom stereocenters. The number of aryl methyl sites for hydroxylation is 1. The van der Waals surface area contributed by atoms with Crippen molar-refractivity contribution >= 4 is 12.6 Å². The van der Waals surface area contributed by atoms with E-state index in [1.807, 2.05) is 0 Å². The molecule has 1 aromatic carbocycles. The minimum Gasteiger partial charge on any atom is -0.434 e. The van der Waals surface area contributed by atoms with Gasteiger partial charge in [0.15, 0.2) is 6.29 Å². The first-order valence-corrected chi connectivity index (χ1v) is 4.08. The van der Waals surface area contributed by atoms with E-state index in [1.54, 1.807) is 6.92 Å². The third-order valence-corrected chi connectivity index (χ3v) is 1.87. The fourth-order valence-electron chi connectivity index (χ4n) is 1.14. The number of rotatable bonds is 4. The summed E-state index contributed by atoms with van der Waals surface area (Å²) in [7, 11) is 0. The number of carbonyl (C=O) groups is 2. The third-order valence-electron chi connectivity index (χ3n) is 1.87. The summed E-state index contributed by atoms with van der Waals surface area (Å²) < 4.78 is 28.0. The van der Waals surface area contributed by atoms with Crippen molar-refractivity contribution in [3.05, 3.63) is 28.8 Å². The molecular weight excluding hydrogens is 206 g/mol. The fourth-order valence-corrected chi connectivity index (χ4v) is 1.14. The molecule has 0 aromatic heterocycles. The van der Waals surface area contributed by atoms with Crippen LogP contribution < -0.4 is 4.74 Å². The maximum absolute atomic E-state index is 11.9. The molecule has 0 atom stereocenters. The zero-order valence-electron chi connectivity index (χ0n) is 7.87. The molecule has 0 radical (unpaired) electrons. The SMILES string of the molecule is Cc1cc(C=O)c(OC(F)F)cc1C=O. The van der Waals surface area contributed by atoms with Crippen molar-refractivity contribution in [2.45, 2.75) is 13.5 Å². The maximum Gasteiger partial charge on any atom is 0.387 e. The molecule has 0 saturated heterocycles. The highest BCUT2D eigenvalue weighted by Crippen LogP contribution is 2.23. The number of hydrogen-bond acceptors (Lipinski definition) is 3. The van der Waals surface area contributed by atoms with E-state index in [2.05, 4.69) is 4.74 Å². The van der Waals surface area contributed by atoms with E-state index in [4.69, 9.17) is 0 Å². The topological polar surface area (TPSA) is 43.4 Å². The zero-order chi connectivity index (χ0) is 11.4. The lowest BCUT2D eigenvalue weighted by atomic mass is 10.1. The highest BCUT2D eigenvalue weighted by Gasteiger charge is 2.11. The second kappa shape index (κ2) is 4.63. The van der Waals surface area contributed by atoms with Gasteiger partial charge in [-0.15, -0.1) is 0 Å². The molecular formula is C10H8F2O3. The highest BCUT2D eigenvalue weighted by atomic mass is 19.3. The van der Waals surface area contributed by atoms with Gasteiger partial charge in [0.05, 0.1) is 5.56 Å². The molecule has 0 aliphatic heterocycles. The molecule has 1 aromatic rings. The lowest BCUT2D eigenvalue weighted by Gasteiger charge is -2.09. The Bertz CT molecular complexity index is 388. The summed E-state index contributed by atoms with van der Waals surface area (Å²) in [6, 6.07) is 2.45. The number of aldehydes is 2. The molecule has 0 heterocycles. The van der Waals surface area contributed by atoms with E-state index in [-0.39, 0.29) is 16.9 Å². The van der Waals surface area contributed by atoms with Gasteiger partial charge < -0.3 is 4.74 Å². The van der Waals surface area contributed by atoms with Gasteiger partial charge in [-0.1, -0.05) is 0 Å². The molecule has 0 fully saturated rings. The van der Waals surface area contributed by atoms with Crippen LogP contribution in [0.3, 0.4) is 0 Å². The van der Waals surface area contributed by atoms with Crippen LogP contribution in [0.1, 0.15) is 26.3 Å². The van der Waals surface area contributed by atoms with Crippen molar-refractivity contribution in [1.82, 2.24) is 0 Å². The van der Waals surface area contributed by atoms with Gasteiger partial charge >= 0.3 is 6.61 Å². The summed E-state index contributed by atoms with van der Waals surface area (Å²) in [6.45, 7) is -1.42. The van der Waals surface area contributed by atoms with Crippen molar-refractivity contribution in [2.24, 2.45) is 0 Å². The van der Waals surface area contributed by atoms with E-state index in [0.717, 1.165) is 6.07 Å². The lowest BCUT2D eigenvalue weighted by molar-refractivity contribution is -0.0501. The van der Waals surface area contributed by atoms with Crippen molar-refractivity contribution < 1.29 is 23.1 Å². The van der Waals surface area contributed by atoms with Gasteiger partial charge in [0.2, 0.25) is 0 Å². The average Bonchev–Trinajstić information content (AvgIpc) is 2.19. The van der Waals surface area contributed by atoms with Gasteiger partial charge in [-0.3, -0.25) is 9.59 Å². The molecule has 0 aliphatic carbocycles. The van der Waals surface area contributed by atoms with Crippen molar-refractivity contribution in [3.8, 4) is 5.75 Å². The first kappa shape index (κ1) is 11.3. The van der Waals surface area contributed by atoms with Gasteiger partial charge in [-0.05, 0) is 24.6 Å². The quantitative estimate of drug-likeness (QED) is 0.722. The smallest absolute Gasteiger partial charge is 0.387 e. The molecule has 15 heavy (non-hydrogen) atoms. The summed E-state index contributed by atoms with van der Waals surface area (Å²) in [4.78, 5) is 21.1. The second-order valence-corrected chi connectivity index (χ2v) is 2.86. The molecule has 0 aliphatic rings. The first-order chi connectivity index (χ1) is 7.08. The largest absolute Gasteiger partial charge is 0.434 e. The van der Waals surface area contributed by atoms with Gasteiger partial charge in [-0.25, -0.2) is 0 Å². The summed E-state index contributed by atoms with van der Waals surface area (Å²) in [5, 5.41) is 0. The van der Waals surface area contributed by atoms with Crippen molar-refractivity contribution in [1.29, 1.82) is 0 Å². The number of benzene rings is 1. The van der Waals surface area contributed by atoms with Gasteiger partial charge in [0.25, 0.3) is 0 Å². The van der Waals surface area contributed by atoms with Crippen molar-refractivity contribution in [3.63, 3.8) is 0 Å². The monoisotopic (exact) mass is 214 g/mol. The van der Waals surface area contributed by atoms with Gasteiger partial charge in [0.1, 0.15) is 12.0 Å². The van der Waals surface area contributed by atoms with Crippen LogP contribution in [0.5, 0.6) is 5.75 Å². The second-order valence-electron chi connectivity index (χ2n) is 2.86. The van der Waals surface area contributed by atoms with E-state index >= 15 is 0 Å². The van der Waals surface area contributed by atoms with E-state index in [1.165, 1.54) is 6.07 Å². The van der Waals surface area contributed by atoms with E-state index < -0.39 is 6.61 Å².